The van der Waals surface area contributed by atoms with Crippen LogP contribution in [0.25, 0.3) is 0 Å². The van der Waals surface area contributed by atoms with Gasteiger partial charge in [-0.25, -0.2) is 4.39 Å². The first-order valence-corrected chi connectivity index (χ1v) is 6.84. The number of hydrogen-bond donors (Lipinski definition) is 0. The Labute approximate surface area is 112 Å². The largest absolute Gasteiger partial charge is 0.272 e. The van der Waals surface area contributed by atoms with Gasteiger partial charge < -0.3 is 0 Å². The van der Waals surface area contributed by atoms with Crippen molar-refractivity contribution in [1.82, 2.24) is 0 Å². The Morgan fingerprint density at radius 2 is 2.16 bits per heavy atom. The molecule has 1 amide bonds. The molecular weight excluding hydrogens is 243 g/mol. The van der Waals surface area contributed by atoms with Crippen molar-refractivity contribution in [2.75, 3.05) is 5.01 Å². The summed E-state index contributed by atoms with van der Waals surface area (Å²) < 4.78 is 13.1. The Morgan fingerprint density at radius 1 is 1.32 bits per heavy atom. The molecule has 100 valence electrons. The van der Waals surface area contributed by atoms with Crippen LogP contribution in [0.2, 0.25) is 0 Å². The Morgan fingerprint density at radius 3 is 2.95 bits per heavy atom. The van der Waals surface area contributed by atoms with Crippen molar-refractivity contribution in [3.8, 4) is 0 Å². The van der Waals surface area contributed by atoms with Crippen LogP contribution in [0.1, 0.15) is 37.7 Å². The Hall–Kier alpha value is -1.71. The number of carbonyl (C=O) groups excluding carboxylic acids is 1. The lowest BCUT2D eigenvalue weighted by Crippen LogP contribution is -2.27. The fourth-order valence-electron chi connectivity index (χ4n) is 2.91. The number of fused-ring (bicyclic) bond motifs is 1. The minimum atomic E-state index is -0.283. The van der Waals surface area contributed by atoms with Gasteiger partial charge in [0.25, 0.3) is 5.91 Å². The van der Waals surface area contributed by atoms with E-state index in [1.54, 1.807) is 13.0 Å². The molecule has 19 heavy (non-hydrogen) atoms. The first-order chi connectivity index (χ1) is 9.16. The van der Waals surface area contributed by atoms with Crippen molar-refractivity contribution in [2.45, 2.75) is 39.0 Å². The lowest BCUT2D eigenvalue weighted by molar-refractivity contribution is -0.119. The van der Waals surface area contributed by atoms with Crippen LogP contribution in [0.3, 0.4) is 0 Å². The van der Waals surface area contributed by atoms with Gasteiger partial charge in [0.05, 0.1) is 17.3 Å². The first-order valence-electron chi connectivity index (χ1n) is 6.84. The van der Waals surface area contributed by atoms with Crippen LogP contribution in [-0.4, -0.2) is 11.6 Å². The maximum Gasteiger partial charge on any atom is 0.256 e. The van der Waals surface area contributed by atoms with Gasteiger partial charge in [0.1, 0.15) is 5.82 Å². The van der Waals surface area contributed by atoms with E-state index in [2.05, 4.69) is 5.10 Å². The molecule has 0 spiro atoms. The number of hydrazone groups is 1. The van der Waals surface area contributed by atoms with E-state index in [0.717, 1.165) is 37.0 Å². The number of benzene rings is 1. The summed E-state index contributed by atoms with van der Waals surface area (Å²) in [6, 6.07) is 4.46. The molecular formula is C15H17FN2O. The summed E-state index contributed by atoms with van der Waals surface area (Å²) in [7, 11) is 0. The molecule has 2 aliphatic rings. The molecule has 0 radical (unpaired) electrons. The molecule has 0 N–H and O–H groups in total. The molecule has 1 aromatic carbocycles. The molecule has 0 bridgehead atoms. The van der Waals surface area contributed by atoms with Crippen LogP contribution in [0, 0.1) is 18.7 Å². The predicted molar refractivity (Wildman–Crippen MR) is 72.6 cm³/mol. The lowest BCUT2D eigenvalue weighted by atomic mass is 9.98. The number of carbonyl (C=O) groups is 1. The second-order valence-corrected chi connectivity index (χ2v) is 5.32. The van der Waals surface area contributed by atoms with Gasteiger partial charge in [0, 0.05) is 0 Å². The monoisotopic (exact) mass is 260 g/mol. The third-order valence-electron chi connectivity index (χ3n) is 3.95. The van der Waals surface area contributed by atoms with Crippen molar-refractivity contribution in [3.63, 3.8) is 0 Å². The summed E-state index contributed by atoms with van der Waals surface area (Å²) in [5, 5.41) is 5.96. The number of amides is 1. The molecule has 1 aromatic rings. The number of halogens is 1. The number of aryl methyl sites for hydroxylation is 1. The molecule has 3 nitrogen and oxygen atoms in total. The Bertz CT molecular complexity index is 553. The molecule has 1 atom stereocenters. The van der Waals surface area contributed by atoms with Crippen molar-refractivity contribution in [2.24, 2.45) is 11.0 Å². The minimum Gasteiger partial charge on any atom is -0.272 e. The highest BCUT2D eigenvalue weighted by Gasteiger charge is 2.37. The van der Waals surface area contributed by atoms with Gasteiger partial charge >= 0.3 is 0 Å². The Balaban J connectivity index is 1.95. The molecule has 4 heteroatoms. The average molecular weight is 260 g/mol. The summed E-state index contributed by atoms with van der Waals surface area (Å²) in [5.41, 5.74) is 2.45. The van der Waals surface area contributed by atoms with Crippen molar-refractivity contribution < 1.29 is 9.18 Å². The molecule has 1 aliphatic carbocycles. The van der Waals surface area contributed by atoms with E-state index in [9.17, 15) is 9.18 Å². The third kappa shape index (κ3) is 2.15. The summed E-state index contributed by atoms with van der Waals surface area (Å²) >= 11 is 0. The highest BCUT2D eigenvalue weighted by molar-refractivity contribution is 6.15. The quantitative estimate of drug-likeness (QED) is 0.761. The normalized spacial score (nSPS) is 23.1. The van der Waals surface area contributed by atoms with E-state index >= 15 is 0 Å². The van der Waals surface area contributed by atoms with Gasteiger partial charge in [-0.1, -0.05) is 12.8 Å². The SMILES string of the molecule is Cc1cc(F)ccc1N1N=C2CCCCCC2C1=O. The van der Waals surface area contributed by atoms with Crippen molar-refractivity contribution in [3.05, 3.63) is 29.6 Å². The maximum atomic E-state index is 13.1. The number of hydrogen-bond acceptors (Lipinski definition) is 2. The molecule has 1 heterocycles. The highest BCUT2D eigenvalue weighted by Crippen LogP contribution is 2.32. The van der Waals surface area contributed by atoms with Gasteiger partial charge in [-0.15, -0.1) is 0 Å². The van der Waals surface area contributed by atoms with E-state index in [1.165, 1.54) is 23.6 Å². The topological polar surface area (TPSA) is 32.7 Å². The van der Waals surface area contributed by atoms with Crippen molar-refractivity contribution in [1.29, 1.82) is 0 Å². The second-order valence-electron chi connectivity index (χ2n) is 5.32. The van der Waals surface area contributed by atoms with Crippen LogP contribution in [0.15, 0.2) is 23.3 Å². The highest BCUT2D eigenvalue weighted by atomic mass is 19.1. The first kappa shape index (κ1) is 12.3. The summed E-state index contributed by atoms with van der Waals surface area (Å²) in [6.45, 7) is 1.81. The zero-order chi connectivity index (χ0) is 13.4. The maximum absolute atomic E-state index is 13.1. The smallest absolute Gasteiger partial charge is 0.256 e. The van der Waals surface area contributed by atoms with Crippen LogP contribution >= 0.6 is 0 Å². The van der Waals surface area contributed by atoms with Gasteiger partial charge in [0.2, 0.25) is 0 Å². The number of nitrogens with zero attached hydrogens (tertiary/aromatic N) is 2. The fraction of sp³-hybridized carbons (Fsp3) is 0.467. The van der Waals surface area contributed by atoms with Gasteiger partial charge in [0.15, 0.2) is 0 Å². The van der Waals surface area contributed by atoms with Gasteiger partial charge in [-0.2, -0.15) is 10.1 Å². The number of rotatable bonds is 1. The lowest BCUT2D eigenvalue weighted by Gasteiger charge is -2.16. The Kier molecular flexibility index (Phi) is 3.09. The van der Waals surface area contributed by atoms with E-state index in [0.29, 0.717) is 5.69 Å². The summed E-state index contributed by atoms with van der Waals surface area (Å²) in [4.78, 5) is 12.4. The fourth-order valence-corrected chi connectivity index (χ4v) is 2.91. The van der Waals surface area contributed by atoms with Gasteiger partial charge in [-0.05, 0) is 49.9 Å². The van der Waals surface area contributed by atoms with E-state index < -0.39 is 0 Å². The third-order valence-corrected chi connectivity index (χ3v) is 3.95. The molecule has 0 saturated heterocycles. The molecule has 1 unspecified atom stereocenters. The number of anilines is 1. The standard InChI is InChI=1S/C15H17FN2O/c1-10-9-11(16)7-8-14(10)18-15(19)12-5-3-2-4-6-13(12)17-18/h7-9,12H,2-6H2,1H3. The molecule has 0 aromatic heterocycles. The summed E-state index contributed by atoms with van der Waals surface area (Å²) in [6.07, 6.45) is 5.18. The van der Waals surface area contributed by atoms with E-state index in [-0.39, 0.29) is 17.6 Å². The molecule has 1 aliphatic heterocycles. The van der Waals surface area contributed by atoms with Crippen LogP contribution in [0.5, 0.6) is 0 Å². The zero-order valence-corrected chi connectivity index (χ0v) is 11.0. The molecule has 3 rings (SSSR count). The van der Waals surface area contributed by atoms with Crippen LogP contribution < -0.4 is 5.01 Å². The average Bonchev–Trinajstić information content (AvgIpc) is 2.57. The van der Waals surface area contributed by atoms with Crippen LogP contribution in [-0.2, 0) is 4.79 Å². The van der Waals surface area contributed by atoms with E-state index in [4.69, 9.17) is 0 Å². The second kappa shape index (κ2) is 4.76. The minimum absolute atomic E-state index is 0.0478. The van der Waals surface area contributed by atoms with Gasteiger partial charge in [-0.3, -0.25) is 4.79 Å². The zero-order valence-electron chi connectivity index (χ0n) is 11.0. The summed E-state index contributed by atoms with van der Waals surface area (Å²) in [5.74, 6) is -0.284. The van der Waals surface area contributed by atoms with Crippen molar-refractivity contribution >= 4 is 17.3 Å². The van der Waals surface area contributed by atoms with E-state index in [1.807, 2.05) is 0 Å². The molecule has 1 fully saturated rings. The molecule has 1 saturated carbocycles. The predicted octanol–water partition coefficient (Wildman–Crippen LogP) is 3.42. The van der Waals surface area contributed by atoms with Crippen LogP contribution in [0.4, 0.5) is 10.1 Å².